The van der Waals surface area contributed by atoms with Crippen LogP contribution in [0, 0.1) is 13.8 Å². The molecule has 1 aliphatic heterocycles. The van der Waals surface area contributed by atoms with Crippen LogP contribution in [-0.4, -0.2) is 44.3 Å². The van der Waals surface area contributed by atoms with Gasteiger partial charge in [-0.05, 0) is 74.4 Å². The number of ether oxygens (including phenoxy) is 1. The van der Waals surface area contributed by atoms with Gasteiger partial charge in [-0.2, -0.15) is 4.31 Å². The molecule has 1 aliphatic rings. The van der Waals surface area contributed by atoms with Gasteiger partial charge in [-0.15, -0.1) is 0 Å². The van der Waals surface area contributed by atoms with E-state index in [9.17, 15) is 18.0 Å². The molecule has 0 radical (unpaired) electrons. The molecular formula is C26H34N2O5S. The van der Waals surface area contributed by atoms with Gasteiger partial charge in [-0.3, -0.25) is 9.59 Å². The van der Waals surface area contributed by atoms with Crippen LogP contribution >= 0.6 is 0 Å². The van der Waals surface area contributed by atoms with Crippen LogP contribution < -0.4 is 5.32 Å². The molecule has 1 unspecified atom stereocenters. The molecule has 1 saturated heterocycles. The lowest BCUT2D eigenvalue weighted by Gasteiger charge is -2.25. The second kappa shape index (κ2) is 11.6. The van der Waals surface area contributed by atoms with Gasteiger partial charge in [0.25, 0.3) is 5.91 Å². The number of nitrogens with zero attached hydrogens (tertiary/aromatic N) is 1. The third-order valence-corrected chi connectivity index (χ3v) is 8.18. The van der Waals surface area contributed by atoms with Crippen molar-refractivity contribution >= 4 is 21.9 Å². The number of sulfonamides is 1. The number of rotatable bonds is 9. The fraction of sp³-hybridized carbons (Fsp3) is 0.462. The smallest absolute Gasteiger partial charge is 0.306 e. The fourth-order valence-corrected chi connectivity index (χ4v) is 5.46. The standard InChI is InChI=1S/C26H34N2O5S/c1-19-7-11-23(17-20(19)2)21(3)27-25(29)18-33-26(30)14-10-22-8-12-24(13-9-22)34(31,32)28-15-5-4-6-16-28/h7-9,11-13,17,21H,4-6,10,14-16,18H2,1-3H3,(H,27,29). The first-order valence-corrected chi connectivity index (χ1v) is 13.2. The Hall–Kier alpha value is -2.71. The second-order valence-corrected chi connectivity index (χ2v) is 10.8. The SMILES string of the molecule is Cc1ccc(C(C)NC(=O)COC(=O)CCc2ccc(S(=O)(=O)N3CCCCC3)cc2)cc1C. The first-order valence-electron chi connectivity index (χ1n) is 11.8. The molecule has 2 aromatic carbocycles. The van der Waals surface area contributed by atoms with Crippen molar-refractivity contribution in [3.63, 3.8) is 0 Å². The van der Waals surface area contributed by atoms with Crippen LogP contribution in [0.3, 0.4) is 0 Å². The molecule has 1 heterocycles. The minimum Gasteiger partial charge on any atom is -0.456 e. The minimum absolute atomic E-state index is 0.109. The maximum Gasteiger partial charge on any atom is 0.306 e. The molecule has 0 aliphatic carbocycles. The molecule has 0 bridgehead atoms. The molecule has 0 spiro atoms. The van der Waals surface area contributed by atoms with Crippen molar-refractivity contribution in [2.75, 3.05) is 19.7 Å². The Labute approximate surface area is 202 Å². The summed E-state index contributed by atoms with van der Waals surface area (Å²) in [4.78, 5) is 24.5. The van der Waals surface area contributed by atoms with Gasteiger partial charge in [0, 0.05) is 19.5 Å². The predicted octanol–water partition coefficient (Wildman–Crippen LogP) is 3.83. The molecule has 1 fully saturated rings. The highest BCUT2D eigenvalue weighted by atomic mass is 32.2. The molecule has 34 heavy (non-hydrogen) atoms. The Kier molecular flexibility index (Phi) is 8.85. The maximum atomic E-state index is 12.7. The Morgan fingerprint density at radius 2 is 1.68 bits per heavy atom. The number of nitrogens with one attached hydrogen (secondary N) is 1. The number of aryl methyl sites for hydroxylation is 3. The second-order valence-electron chi connectivity index (χ2n) is 8.90. The lowest BCUT2D eigenvalue weighted by Crippen LogP contribution is -2.35. The quantitative estimate of drug-likeness (QED) is 0.544. The number of benzene rings is 2. The summed E-state index contributed by atoms with van der Waals surface area (Å²) in [5.74, 6) is -0.828. The van der Waals surface area contributed by atoms with Crippen LogP contribution in [-0.2, 0) is 30.8 Å². The van der Waals surface area contributed by atoms with Crippen molar-refractivity contribution < 1.29 is 22.7 Å². The van der Waals surface area contributed by atoms with Crippen molar-refractivity contribution in [3.8, 4) is 0 Å². The van der Waals surface area contributed by atoms with Crippen LogP contribution in [0.15, 0.2) is 47.4 Å². The van der Waals surface area contributed by atoms with Gasteiger partial charge < -0.3 is 10.1 Å². The Morgan fingerprint density at radius 1 is 1.00 bits per heavy atom. The molecule has 3 rings (SSSR count). The summed E-state index contributed by atoms with van der Waals surface area (Å²) in [6.45, 7) is 6.74. The zero-order valence-corrected chi connectivity index (χ0v) is 21.0. The third kappa shape index (κ3) is 6.90. The maximum absolute atomic E-state index is 12.7. The predicted molar refractivity (Wildman–Crippen MR) is 131 cm³/mol. The molecule has 1 atom stereocenters. The highest BCUT2D eigenvalue weighted by molar-refractivity contribution is 7.89. The summed E-state index contributed by atoms with van der Waals surface area (Å²) in [6.07, 6.45) is 3.36. The van der Waals surface area contributed by atoms with E-state index in [0.29, 0.717) is 19.5 Å². The van der Waals surface area contributed by atoms with Gasteiger partial charge in [0.2, 0.25) is 10.0 Å². The largest absolute Gasteiger partial charge is 0.456 e. The molecule has 7 nitrogen and oxygen atoms in total. The molecule has 0 saturated carbocycles. The van der Waals surface area contributed by atoms with E-state index in [0.717, 1.165) is 36.0 Å². The fourth-order valence-electron chi connectivity index (χ4n) is 3.95. The topological polar surface area (TPSA) is 92.8 Å². The summed E-state index contributed by atoms with van der Waals surface area (Å²) in [6, 6.07) is 12.5. The molecule has 184 valence electrons. The molecule has 8 heteroatoms. The Balaban J connectivity index is 1.43. The van der Waals surface area contributed by atoms with Crippen molar-refractivity contribution in [2.45, 2.75) is 63.8 Å². The zero-order chi connectivity index (χ0) is 24.7. The number of hydrogen-bond acceptors (Lipinski definition) is 5. The van der Waals surface area contributed by atoms with Crippen LogP contribution in [0.2, 0.25) is 0 Å². The van der Waals surface area contributed by atoms with E-state index in [1.165, 1.54) is 9.87 Å². The highest BCUT2D eigenvalue weighted by Gasteiger charge is 2.25. The average Bonchev–Trinajstić information content (AvgIpc) is 2.84. The van der Waals surface area contributed by atoms with Gasteiger partial charge in [-0.1, -0.05) is 36.8 Å². The van der Waals surface area contributed by atoms with Crippen LogP contribution in [0.1, 0.15) is 60.9 Å². The average molecular weight is 487 g/mol. The minimum atomic E-state index is -3.47. The van der Waals surface area contributed by atoms with Gasteiger partial charge in [0.15, 0.2) is 6.61 Å². The van der Waals surface area contributed by atoms with Gasteiger partial charge >= 0.3 is 5.97 Å². The lowest BCUT2D eigenvalue weighted by atomic mass is 10.0. The van der Waals surface area contributed by atoms with E-state index in [2.05, 4.69) is 5.32 Å². The summed E-state index contributed by atoms with van der Waals surface area (Å²) in [5.41, 5.74) is 4.17. The third-order valence-electron chi connectivity index (χ3n) is 6.27. The van der Waals surface area contributed by atoms with Crippen LogP contribution in [0.25, 0.3) is 0 Å². The summed E-state index contributed by atoms with van der Waals surface area (Å²) >= 11 is 0. The highest BCUT2D eigenvalue weighted by Crippen LogP contribution is 2.21. The molecule has 1 amide bonds. The van der Waals surface area contributed by atoms with Crippen molar-refractivity contribution in [3.05, 3.63) is 64.7 Å². The van der Waals surface area contributed by atoms with E-state index in [4.69, 9.17) is 4.74 Å². The number of carbonyl (C=O) groups is 2. The number of esters is 1. The molecule has 0 aromatic heterocycles. The zero-order valence-electron chi connectivity index (χ0n) is 20.2. The number of piperidine rings is 1. The van der Waals surface area contributed by atoms with E-state index in [1.807, 2.05) is 39.0 Å². The van der Waals surface area contributed by atoms with Crippen molar-refractivity contribution in [2.24, 2.45) is 0 Å². The summed E-state index contributed by atoms with van der Waals surface area (Å²) < 4.78 is 32.1. The van der Waals surface area contributed by atoms with Crippen LogP contribution in [0.5, 0.6) is 0 Å². The first-order chi connectivity index (χ1) is 16.2. The van der Waals surface area contributed by atoms with Crippen LogP contribution in [0.4, 0.5) is 0 Å². The van der Waals surface area contributed by atoms with E-state index < -0.39 is 16.0 Å². The number of amides is 1. The van der Waals surface area contributed by atoms with Gasteiger partial charge in [0.1, 0.15) is 0 Å². The normalized spacial score (nSPS) is 15.5. The van der Waals surface area contributed by atoms with E-state index in [-0.39, 0.29) is 29.9 Å². The number of carbonyl (C=O) groups excluding carboxylic acids is 2. The number of hydrogen-bond donors (Lipinski definition) is 1. The van der Waals surface area contributed by atoms with Crippen molar-refractivity contribution in [1.82, 2.24) is 9.62 Å². The molecule has 1 N–H and O–H groups in total. The summed E-state index contributed by atoms with van der Waals surface area (Å²) in [5, 5.41) is 2.84. The lowest BCUT2D eigenvalue weighted by molar-refractivity contribution is -0.148. The Morgan fingerprint density at radius 3 is 2.32 bits per heavy atom. The van der Waals surface area contributed by atoms with E-state index in [1.54, 1.807) is 24.3 Å². The van der Waals surface area contributed by atoms with Gasteiger partial charge in [0.05, 0.1) is 10.9 Å². The first kappa shape index (κ1) is 25.9. The molecular weight excluding hydrogens is 452 g/mol. The monoisotopic (exact) mass is 486 g/mol. The summed E-state index contributed by atoms with van der Waals surface area (Å²) in [7, 11) is -3.47. The molecule has 2 aromatic rings. The van der Waals surface area contributed by atoms with E-state index >= 15 is 0 Å². The Bertz CT molecular complexity index is 1110. The van der Waals surface area contributed by atoms with Crippen molar-refractivity contribution in [1.29, 1.82) is 0 Å². The van der Waals surface area contributed by atoms with Gasteiger partial charge in [-0.25, -0.2) is 8.42 Å².